The van der Waals surface area contributed by atoms with Crippen molar-refractivity contribution >= 4 is 17.7 Å². The first kappa shape index (κ1) is 18.9. The van der Waals surface area contributed by atoms with Gasteiger partial charge in [-0.25, -0.2) is 4.79 Å². The Morgan fingerprint density at radius 1 is 1.15 bits per heavy atom. The Labute approximate surface area is 159 Å². The van der Waals surface area contributed by atoms with Gasteiger partial charge in [0.25, 0.3) is 5.91 Å². The Balaban J connectivity index is 1.77. The Bertz CT molecular complexity index is 870. The number of amides is 3. The molecule has 1 saturated heterocycles. The smallest absolute Gasteiger partial charge is 0.325 e. The molecule has 3 rings (SSSR count). The van der Waals surface area contributed by atoms with Crippen LogP contribution in [0.2, 0.25) is 0 Å². The fourth-order valence-electron chi connectivity index (χ4n) is 3.53. The van der Waals surface area contributed by atoms with Crippen molar-refractivity contribution in [1.29, 1.82) is 0 Å². The Morgan fingerprint density at radius 2 is 1.85 bits per heavy atom. The van der Waals surface area contributed by atoms with Crippen molar-refractivity contribution in [1.82, 2.24) is 14.8 Å². The van der Waals surface area contributed by atoms with E-state index in [1.807, 2.05) is 57.2 Å². The van der Waals surface area contributed by atoms with E-state index in [1.165, 1.54) is 0 Å². The Kier molecular flexibility index (Phi) is 5.44. The number of rotatable bonds is 7. The van der Waals surface area contributed by atoms with E-state index < -0.39 is 12.1 Å². The highest BCUT2D eigenvalue weighted by Gasteiger charge is 2.38. The second-order valence-corrected chi connectivity index (χ2v) is 6.99. The van der Waals surface area contributed by atoms with Crippen molar-refractivity contribution in [2.45, 2.75) is 46.2 Å². The van der Waals surface area contributed by atoms with Crippen LogP contribution in [0.1, 0.15) is 47.1 Å². The monoisotopic (exact) mass is 367 g/mol. The van der Waals surface area contributed by atoms with Gasteiger partial charge in [0.15, 0.2) is 5.78 Å². The van der Waals surface area contributed by atoms with Gasteiger partial charge in [0, 0.05) is 23.5 Å². The zero-order chi connectivity index (χ0) is 19.6. The maximum Gasteiger partial charge on any atom is 0.325 e. The van der Waals surface area contributed by atoms with Crippen molar-refractivity contribution in [3.05, 3.63) is 58.9 Å². The van der Waals surface area contributed by atoms with Crippen LogP contribution in [-0.2, 0) is 11.3 Å². The van der Waals surface area contributed by atoms with Gasteiger partial charge in [0.05, 0.1) is 6.54 Å². The molecule has 0 bridgehead atoms. The summed E-state index contributed by atoms with van der Waals surface area (Å²) in [6, 6.07) is 10.9. The van der Waals surface area contributed by atoms with Gasteiger partial charge < -0.3 is 9.88 Å². The van der Waals surface area contributed by atoms with Crippen LogP contribution in [0, 0.1) is 13.8 Å². The second-order valence-electron chi connectivity index (χ2n) is 6.99. The number of nitrogens with one attached hydrogen (secondary N) is 1. The molecule has 1 aliphatic heterocycles. The minimum atomic E-state index is -0.513. The fourth-order valence-corrected chi connectivity index (χ4v) is 3.53. The number of nitrogens with zero attached hydrogens (tertiary/aromatic N) is 2. The lowest BCUT2D eigenvalue weighted by atomic mass is 10.1. The lowest BCUT2D eigenvalue weighted by Gasteiger charge is -2.13. The number of hydrogen-bond acceptors (Lipinski definition) is 3. The topological polar surface area (TPSA) is 71.4 Å². The van der Waals surface area contributed by atoms with Gasteiger partial charge in [0.2, 0.25) is 0 Å². The van der Waals surface area contributed by atoms with Crippen molar-refractivity contribution in [2.75, 3.05) is 6.54 Å². The highest BCUT2D eigenvalue weighted by atomic mass is 16.2. The highest BCUT2D eigenvalue weighted by Crippen LogP contribution is 2.19. The Morgan fingerprint density at radius 3 is 2.52 bits per heavy atom. The Hall–Kier alpha value is -2.89. The summed E-state index contributed by atoms with van der Waals surface area (Å²) in [7, 11) is 0. The molecule has 0 spiro atoms. The minimum absolute atomic E-state index is 0.219. The minimum Gasteiger partial charge on any atom is -0.344 e. The normalized spacial score (nSPS) is 16.7. The molecule has 2 aromatic rings. The van der Waals surface area contributed by atoms with E-state index in [4.69, 9.17) is 0 Å². The number of aromatic nitrogens is 1. The largest absolute Gasteiger partial charge is 0.344 e. The van der Waals surface area contributed by atoms with E-state index in [0.717, 1.165) is 28.3 Å². The quantitative estimate of drug-likeness (QED) is 0.604. The predicted octanol–water partition coefficient (Wildman–Crippen LogP) is 3.06. The third kappa shape index (κ3) is 3.79. The molecule has 0 aliphatic carbocycles. The number of imide groups is 1. The van der Waals surface area contributed by atoms with Gasteiger partial charge in [-0.2, -0.15) is 0 Å². The first-order chi connectivity index (χ1) is 12.9. The van der Waals surface area contributed by atoms with Crippen LogP contribution < -0.4 is 5.32 Å². The third-order valence-electron chi connectivity index (χ3n) is 5.04. The molecule has 0 radical (unpaired) electrons. The fraction of sp³-hybridized carbons (Fsp3) is 0.381. The van der Waals surface area contributed by atoms with E-state index in [9.17, 15) is 14.4 Å². The van der Waals surface area contributed by atoms with E-state index >= 15 is 0 Å². The van der Waals surface area contributed by atoms with Crippen LogP contribution in [0.5, 0.6) is 0 Å². The van der Waals surface area contributed by atoms with Crippen molar-refractivity contribution < 1.29 is 14.4 Å². The molecule has 2 heterocycles. The van der Waals surface area contributed by atoms with Crippen LogP contribution in [0.4, 0.5) is 4.79 Å². The zero-order valence-corrected chi connectivity index (χ0v) is 16.0. The van der Waals surface area contributed by atoms with Crippen molar-refractivity contribution in [3.63, 3.8) is 0 Å². The molecule has 1 aromatic heterocycles. The maximum absolute atomic E-state index is 12.8. The first-order valence-corrected chi connectivity index (χ1v) is 9.28. The number of carbonyl (C=O) groups excluding carboxylic acids is 3. The van der Waals surface area contributed by atoms with Gasteiger partial charge in [-0.1, -0.05) is 43.7 Å². The summed E-state index contributed by atoms with van der Waals surface area (Å²) in [5, 5.41) is 2.66. The van der Waals surface area contributed by atoms with Gasteiger partial charge in [-0.3, -0.25) is 14.5 Å². The van der Waals surface area contributed by atoms with E-state index in [0.29, 0.717) is 18.5 Å². The van der Waals surface area contributed by atoms with Crippen LogP contribution in [-0.4, -0.2) is 39.8 Å². The molecule has 1 aliphatic rings. The maximum atomic E-state index is 12.8. The molecule has 6 nitrogen and oxygen atoms in total. The molecular weight excluding hydrogens is 342 g/mol. The summed E-state index contributed by atoms with van der Waals surface area (Å²) in [5.74, 6) is -0.531. The zero-order valence-electron chi connectivity index (χ0n) is 16.0. The van der Waals surface area contributed by atoms with Crippen LogP contribution in [0.15, 0.2) is 36.4 Å². The molecule has 27 heavy (non-hydrogen) atoms. The van der Waals surface area contributed by atoms with Gasteiger partial charge >= 0.3 is 6.03 Å². The summed E-state index contributed by atoms with van der Waals surface area (Å²) >= 11 is 0. The summed E-state index contributed by atoms with van der Waals surface area (Å²) < 4.78 is 2.08. The average Bonchev–Trinajstić information content (AvgIpc) is 3.08. The third-order valence-corrected chi connectivity index (χ3v) is 5.04. The number of ketones is 1. The van der Waals surface area contributed by atoms with Crippen molar-refractivity contribution in [2.24, 2.45) is 0 Å². The molecule has 6 heteroatoms. The van der Waals surface area contributed by atoms with Gasteiger partial charge in [-0.05, 0) is 31.9 Å². The van der Waals surface area contributed by atoms with Gasteiger partial charge in [-0.15, -0.1) is 0 Å². The number of aryl methyl sites for hydroxylation is 1. The van der Waals surface area contributed by atoms with Crippen LogP contribution in [0.25, 0.3) is 0 Å². The molecular formula is C21H25N3O3. The summed E-state index contributed by atoms with van der Waals surface area (Å²) in [4.78, 5) is 38.3. The van der Waals surface area contributed by atoms with E-state index in [2.05, 4.69) is 9.88 Å². The number of Topliss-reactive ketones (excluding diaryl/α,β-unsaturated/α-hetero) is 1. The van der Waals surface area contributed by atoms with Crippen LogP contribution in [0.3, 0.4) is 0 Å². The van der Waals surface area contributed by atoms with Gasteiger partial charge in [0.1, 0.15) is 6.04 Å². The number of urea groups is 1. The SMILES string of the molecule is CCCC1NC(=O)N(CC(=O)c2cc(C)n(Cc3ccccc3)c2C)C1=O. The molecule has 142 valence electrons. The van der Waals surface area contributed by atoms with Crippen LogP contribution >= 0.6 is 0 Å². The molecule has 1 unspecified atom stereocenters. The van der Waals surface area contributed by atoms with Crippen molar-refractivity contribution in [3.8, 4) is 0 Å². The molecule has 1 N–H and O–H groups in total. The lowest BCUT2D eigenvalue weighted by molar-refractivity contribution is -0.127. The molecule has 3 amide bonds. The second kappa shape index (κ2) is 7.78. The molecule has 0 saturated carbocycles. The number of benzene rings is 1. The first-order valence-electron chi connectivity index (χ1n) is 9.28. The summed E-state index contributed by atoms with van der Waals surface area (Å²) in [5.41, 5.74) is 3.53. The highest BCUT2D eigenvalue weighted by molar-refractivity contribution is 6.09. The standard InChI is InChI=1S/C21H25N3O3/c1-4-8-18-20(26)24(21(27)22-18)13-19(25)17-11-14(2)23(15(17)3)12-16-9-6-5-7-10-16/h5-7,9-11,18H,4,8,12-13H2,1-3H3,(H,22,27). The predicted molar refractivity (Wildman–Crippen MR) is 103 cm³/mol. The molecule has 1 fully saturated rings. The molecule has 1 aromatic carbocycles. The number of carbonyl (C=O) groups is 3. The lowest BCUT2D eigenvalue weighted by Crippen LogP contribution is -2.36. The number of hydrogen-bond donors (Lipinski definition) is 1. The van der Waals surface area contributed by atoms with E-state index in [-0.39, 0.29) is 18.2 Å². The summed E-state index contributed by atoms with van der Waals surface area (Å²) in [6.45, 7) is 6.26. The molecule has 1 atom stereocenters. The summed E-state index contributed by atoms with van der Waals surface area (Å²) in [6.07, 6.45) is 1.37. The average molecular weight is 367 g/mol. The van der Waals surface area contributed by atoms with E-state index in [1.54, 1.807) is 0 Å².